The van der Waals surface area contributed by atoms with Gasteiger partial charge in [0.15, 0.2) is 0 Å². The summed E-state index contributed by atoms with van der Waals surface area (Å²) in [6.45, 7) is 0. The van der Waals surface area contributed by atoms with Crippen LogP contribution in [-0.2, 0) is 0 Å². The van der Waals surface area contributed by atoms with Crippen molar-refractivity contribution >= 4 is 45.0 Å². The van der Waals surface area contributed by atoms with Crippen molar-refractivity contribution in [3.05, 3.63) is 46.4 Å². The number of nitrogen functional groups attached to an aromatic ring is 2. The SMILES string of the molecule is Nc1cc2c(cc1N)C(N)N(c1cccc(Br)c1)C=N2. The van der Waals surface area contributed by atoms with Gasteiger partial charge in [-0.1, -0.05) is 22.0 Å². The van der Waals surface area contributed by atoms with Crippen molar-refractivity contribution in [1.82, 2.24) is 0 Å². The summed E-state index contributed by atoms with van der Waals surface area (Å²) in [5, 5.41) is 0. The van der Waals surface area contributed by atoms with Gasteiger partial charge >= 0.3 is 0 Å². The Morgan fingerprint density at radius 1 is 1.10 bits per heavy atom. The standard InChI is InChI=1S/C14H14BrN5/c15-8-2-1-3-9(4-8)20-7-19-13-6-12(17)11(16)5-10(13)14(20)18/h1-7,14H,16-18H2. The molecule has 6 heteroatoms. The van der Waals surface area contributed by atoms with Crippen molar-refractivity contribution in [2.24, 2.45) is 10.7 Å². The number of aliphatic imine (C=N–C) groups is 1. The molecule has 0 spiro atoms. The monoisotopic (exact) mass is 331 g/mol. The van der Waals surface area contributed by atoms with E-state index in [4.69, 9.17) is 17.2 Å². The van der Waals surface area contributed by atoms with Crippen LogP contribution in [0.4, 0.5) is 22.7 Å². The number of nitrogens with zero attached hydrogens (tertiary/aromatic N) is 2. The molecule has 1 unspecified atom stereocenters. The van der Waals surface area contributed by atoms with Crippen molar-refractivity contribution in [3.8, 4) is 0 Å². The summed E-state index contributed by atoms with van der Waals surface area (Å²) in [4.78, 5) is 6.29. The molecule has 0 aliphatic carbocycles. The van der Waals surface area contributed by atoms with Crippen LogP contribution in [0.3, 0.4) is 0 Å². The number of nitrogens with two attached hydrogens (primary N) is 3. The van der Waals surface area contributed by atoms with E-state index in [1.165, 1.54) is 0 Å². The molecule has 2 aromatic rings. The molecule has 0 saturated heterocycles. The van der Waals surface area contributed by atoms with Gasteiger partial charge in [-0.05, 0) is 30.3 Å². The average molecular weight is 332 g/mol. The van der Waals surface area contributed by atoms with Gasteiger partial charge in [0.2, 0.25) is 0 Å². The highest BCUT2D eigenvalue weighted by atomic mass is 79.9. The maximum atomic E-state index is 6.31. The minimum atomic E-state index is -0.348. The van der Waals surface area contributed by atoms with E-state index in [0.29, 0.717) is 11.4 Å². The van der Waals surface area contributed by atoms with Gasteiger partial charge in [0.1, 0.15) is 6.17 Å². The number of hydrogen-bond donors (Lipinski definition) is 3. The maximum absolute atomic E-state index is 6.31. The molecule has 6 N–H and O–H groups in total. The Bertz CT molecular complexity index is 698. The minimum absolute atomic E-state index is 0.348. The van der Waals surface area contributed by atoms with E-state index < -0.39 is 0 Å². The van der Waals surface area contributed by atoms with Crippen LogP contribution in [0.2, 0.25) is 0 Å². The van der Waals surface area contributed by atoms with Crippen LogP contribution in [0.25, 0.3) is 0 Å². The third-order valence-electron chi connectivity index (χ3n) is 3.28. The molecule has 0 radical (unpaired) electrons. The fourth-order valence-corrected chi connectivity index (χ4v) is 2.58. The summed E-state index contributed by atoms with van der Waals surface area (Å²) in [5.41, 5.74) is 21.6. The first-order valence-corrected chi connectivity index (χ1v) is 6.88. The van der Waals surface area contributed by atoms with Crippen LogP contribution in [-0.4, -0.2) is 6.34 Å². The molecular weight excluding hydrogens is 318 g/mol. The zero-order valence-corrected chi connectivity index (χ0v) is 12.2. The molecule has 1 aliphatic heterocycles. The van der Waals surface area contributed by atoms with Crippen LogP contribution in [0.5, 0.6) is 0 Å². The molecule has 0 saturated carbocycles. The third kappa shape index (κ3) is 2.13. The van der Waals surface area contributed by atoms with Crippen LogP contribution >= 0.6 is 15.9 Å². The van der Waals surface area contributed by atoms with Gasteiger partial charge in [-0.25, -0.2) is 4.99 Å². The van der Waals surface area contributed by atoms with Crippen molar-refractivity contribution in [2.45, 2.75) is 6.17 Å². The highest BCUT2D eigenvalue weighted by Gasteiger charge is 2.23. The second-order valence-corrected chi connectivity index (χ2v) is 5.53. The lowest BCUT2D eigenvalue weighted by Gasteiger charge is -2.31. The molecule has 1 atom stereocenters. The Hall–Kier alpha value is -2.05. The lowest BCUT2D eigenvalue weighted by molar-refractivity contribution is 0.750. The second kappa shape index (κ2) is 4.81. The van der Waals surface area contributed by atoms with E-state index in [-0.39, 0.29) is 6.17 Å². The molecule has 2 aromatic carbocycles. The molecule has 20 heavy (non-hydrogen) atoms. The fourth-order valence-electron chi connectivity index (χ4n) is 2.20. The average Bonchev–Trinajstić information content (AvgIpc) is 2.41. The van der Waals surface area contributed by atoms with Crippen molar-refractivity contribution in [3.63, 3.8) is 0 Å². The molecule has 1 aliphatic rings. The normalized spacial score (nSPS) is 17.1. The molecular formula is C14H14BrN5. The highest BCUT2D eigenvalue weighted by Crippen LogP contribution is 2.37. The zero-order chi connectivity index (χ0) is 14.3. The minimum Gasteiger partial charge on any atom is -0.397 e. The van der Waals surface area contributed by atoms with Gasteiger partial charge in [-0.15, -0.1) is 0 Å². The number of halogens is 1. The Labute approximate surface area is 125 Å². The van der Waals surface area contributed by atoms with E-state index in [1.807, 2.05) is 29.2 Å². The molecule has 102 valence electrons. The van der Waals surface area contributed by atoms with Gasteiger partial charge in [0.05, 0.1) is 23.4 Å². The topological polar surface area (TPSA) is 93.7 Å². The molecule has 0 aromatic heterocycles. The Morgan fingerprint density at radius 2 is 1.85 bits per heavy atom. The number of benzene rings is 2. The summed E-state index contributed by atoms with van der Waals surface area (Å²) in [6.07, 6.45) is 1.37. The van der Waals surface area contributed by atoms with E-state index in [9.17, 15) is 0 Å². The highest BCUT2D eigenvalue weighted by molar-refractivity contribution is 9.10. The van der Waals surface area contributed by atoms with Crippen LogP contribution < -0.4 is 22.1 Å². The van der Waals surface area contributed by atoms with Crippen LogP contribution in [0, 0.1) is 0 Å². The first-order valence-electron chi connectivity index (χ1n) is 6.09. The van der Waals surface area contributed by atoms with Crippen molar-refractivity contribution < 1.29 is 0 Å². The first kappa shape index (κ1) is 13.0. The van der Waals surface area contributed by atoms with Gasteiger partial charge < -0.3 is 22.1 Å². The van der Waals surface area contributed by atoms with Gasteiger partial charge in [-0.2, -0.15) is 0 Å². The first-order chi connectivity index (χ1) is 9.56. The Morgan fingerprint density at radius 3 is 2.60 bits per heavy atom. The van der Waals surface area contributed by atoms with Gasteiger partial charge in [-0.3, -0.25) is 0 Å². The number of rotatable bonds is 1. The van der Waals surface area contributed by atoms with Crippen molar-refractivity contribution in [2.75, 3.05) is 16.4 Å². The third-order valence-corrected chi connectivity index (χ3v) is 3.77. The molecule has 0 bridgehead atoms. The Balaban J connectivity index is 2.05. The van der Waals surface area contributed by atoms with Gasteiger partial charge in [0.25, 0.3) is 0 Å². The summed E-state index contributed by atoms with van der Waals surface area (Å²) >= 11 is 3.45. The molecule has 0 amide bonds. The molecule has 0 fully saturated rings. The predicted molar refractivity (Wildman–Crippen MR) is 87.0 cm³/mol. The molecule has 3 rings (SSSR count). The summed E-state index contributed by atoms with van der Waals surface area (Å²) < 4.78 is 0.984. The largest absolute Gasteiger partial charge is 0.397 e. The lowest BCUT2D eigenvalue weighted by atomic mass is 10.1. The second-order valence-electron chi connectivity index (χ2n) is 4.62. The van der Waals surface area contributed by atoms with E-state index in [1.54, 1.807) is 18.5 Å². The summed E-state index contributed by atoms with van der Waals surface area (Å²) in [6, 6.07) is 11.4. The molecule has 1 heterocycles. The Kier molecular flexibility index (Phi) is 3.11. The van der Waals surface area contributed by atoms with E-state index in [0.717, 1.165) is 21.4 Å². The quantitative estimate of drug-likeness (QED) is 0.700. The lowest BCUT2D eigenvalue weighted by Crippen LogP contribution is -2.35. The predicted octanol–water partition coefficient (Wildman–Crippen LogP) is 2.75. The summed E-state index contributed by atoms with van der Waals surface area (Å²) in [7, 11) is 0. The van der Waals surface area contributed by atoms with Gasteiger partial charge in [0, 0.05) is 15.7 Å². The smallest absolute Gasteiger partial charge is 0.111 e. The fraction of sp³-hybridized carbons (Fsp3) is 0.0714. The van der Waals surface area contributed by atoms with E-state index in [2.05, 4.69) is 20.9 Å². The van der Waals surface area contributed by atoms with Crippen LogP contribution in [0.15, 0.2) is 45.9 Å². The van der Waals surface area contributed by atoms with Crippen molar-refractivity contribution in [1.29, 1.82) is 0 Å². The zero-order valence-electron chi connectivity index (χ0n) is 10.6. The van der Waals surface area contributed by atoms with E-state index >= 15 is 0 Å². The number of anilines is 3. The maximum Gasteiger partial charge on any atom is 0.111 e. The summed E-state index contributed by atoms with van der Waals surface area (Å²) in [5.74, 6) is 0. The molecule has 5 nitrogen and oxygen atoms in total. The van der Waals surface area contributed by atoms with Crippen LogP contribution in [0.1, 0.15) is 11.7 Å². The number of hydrogen-bond acceptors (Lipinski definition) is 5. The number of fused-ring (bicyclic) bond motifs is 1.